The highest BCUT2D eigenvalue weighted by molar-refractivity contribution is 6.30. The number of carboxylic acids is 1. The van der Waals surface area contributed by atoms with Gasteiger partial charge in [-0.15, -0.1) is 0 Å². The number of urea groups is 1. The van der Waals surface area contributed by atoms with Crippen LogP contribution < -0.4 is 10.1 Å². The molecule has 0 unspecified atom stereocenters. The number of ether oxygens (including phenoxy) is 1. The number of aliphatic carboxylic acids is 1. The number of carboxylic acid groups (broad SMARTS) is 1. The average Bonchev–Trinajstić information content (AvgIpc) is 2.87. The topological polar surface area (TPSA) is 82.1 Å². The van der Waals surface area contributed by atoms with Crippen molar-refractivity contribution in [1.82, 2.24) is 15.1 Å². The molecule has 1 aliphatic rings. The zero-order valence-corrected chi connectivity index (χ0v) is 23.2. The number of hydrogen-bond acceptors (Lipinski definition) is 4. The SMILES string of the molecule is CC(C)COc1ccc(CNC(=O)N(Cc2c(F)cc(Cl)cc2F)C2CCN(C)CC2)cc1.O=C(O)C(F)(F)F. The number of nitrogens with one attached hydrogen (secondary N) is 1. The van der Waals surface area contributed by atoms with Crippen molar-refractivity contribution in [3.8, 4) is 5.75 Å². The van der Waals surface area contributed by atoms with Crippen molar-refractivity contribution in [2.75, 3.05) is 26.7 Å². The van der Waals surface area contributed by atoms with Crippen molar-refractivity contribution in [2.24, 2.45) is 5.92 Å². The van der Waals surface area contributed by atoms with E-state index >= 15 is 0 Å². The summed E-state index contributed by atoms with van der Waals surface area (Å²) < 4.78 is 66.4. The van der Waals surface area contributed by atoms with Gasteiger partial charge in [-0.05, 0) is 68.7 Å². The Labute approximate surface area is 234 Å². The lowest BCUT2D eigenvalue weighted by Gasteiger charge is -2.37. The molecule has 0 radical (unpaired) electrons. The smallest absolute Gasteiger partial charge is 0.490 e. The number of hydrogen-bond donors (Lipinski definition) is 2. The van der Waals surface area contributed by atoms with Gasteiger partial charge in [0, 0.05) is 23.2 Å². The van der Waals surface area contributed by atoms with E-state index in [1.54, 1.807) is 4.90 Å². The Bertz CT molecular complexity index is 1100. The van der Waals surface area contributed by atoms with Gasteiger partial charge in [0.05, 0.1) is 13.2 Å². The number of nitrogens with zero attached hydrogens (tertiary/aromatic N) is 2. The molecule has 1 aliphatic heterocycles. The van der Waals surface area contributed by atoms with E-state index < -0.39 is 23.8 Å². The van der Waals surface area contributed by atoms with Crippen LogP contribution in [0, 0.1) is 17.6 Å². The molecule has 2 aromatic rings. The fourth-order valence-corrected chi connectivity index (χ4v) is 4.00. The van der Waals surface area contributed by atoms with E-state index in [-0.39, 0.29) is 29.2 Å². The third kappa shape index (κ3) is 10.8. The Morgan fingerprint density at radius 3 is 2.12 bits per heavy atom. The largest absolute Gasteiger partial charge is 0.493 e. The van der Waals surface area contributed by atoms with Crippen LogP contribution in [-0.4, -0.2) is 65.9 Å². The molecule has 1 heterocycles. The minimum absolute atomic E-state index is 0.00939. The molecule has 40 heavy (non-hydrogen) atoms. The third-order valence-electron chi connectivity index (χ3n) is 6.02. The zero-order valence-electron chi connectivity index (χ0n) is 22.4. The Morgan fingerprint density at radius 2 is 1.65 bits per heavy atom. The second kappa shape index (κ2) is 15.0. The standard InChI is InChI=1S/C25H32ClF2N3O2.C2HF3O2/c1-17(2)16-33-21-6-4-18(5-7-21)14-29-25(32)31(20-8-10-30(3)11-9-20)15-22-23(27)12-19(26)13-24(22)28;3-2(4,5)1(6)7/h4-7,12-13,17,20H,8-11,14-16H2,1-3H3,(H,29,32);(H,6,7). The fraction of sp³-hybridized carbons (Fsp3) is 0.481. The van der Waals surface area contributed by atoms with Crippen LogP contribution in [0.4, 0.5) is 26.7 Å². The van der Waals surface area contributed by atoms with Crippen molar-refractivity contribution in [3.63, 3.8) is 0 Å². The number of halogens is 6. The molecule has 0 spiro atoms. The highest BCUT2D eigenvalue weighted by Gasteiger charge is 2.38. The maximum atomic E-state index is 14.5. The Hall–Kier alpha value is -3.12. The first-order valence-corrected chi connectivity index (χ1v) is 12.9. The van der Waals surface area contributed by atoms with Crippen molar-refractivity contribution in [3.05, 3.63) is 64.2 Å². The quantitative estimate of drug-likeness (QED) is 0.362. The third-order valence-corrected chi connectivity index (χ3v) is 6.24. The highest BCUT2D eigenvalue weighted by Crippen LogP contribution is 2.24. The Kier molecular flexibility index (Phi) is 12.4. The summed E-state index contributed by atoms with van der Waals surface area (Å²) in [7, 11) is 2.02. The minimum Gasteiger partial charge on any atom is -0.493 e. The van der Waals surface area contributed by atoms with Gasteiger partial charge < -0.3 is 25.0 Å². The van der Waals surface area contributed by atoms with Crippen LogP contribution in [0.25, 0.3) is 0 Å². The summed E-state index contributed by atoms with van der Waals surface area (Å²) in [6.45, 7) is 6.59. The first kappa shape index (κ1) is 33.1. The van der Waals surface area contributed by atoms with E-state index in [2.05, 4.69) is 24.1 Å². The lowest BCUT2D eigenvalue weighted by atomic mass is 10.0. The van der Waals surface area contributed by atoms with Crippen molar-refractivity contribution in [1.29, 1.82) is 0 Å². The average molecular weight is 594 g/mol. The number of benzene rings is 2. The lowest BCUT2D eigenvalue weighted by molar-refractivity contribution is -0.192. The van der Waals surface area contributed by atoms with Gasteiger partial charge in [-0.2, -0.15) is 13.2 Å². The van der Waals surface area contributed by atoms with Crippen LogP contribution in [0.5, 0.6) is 5.75 Å². The molecule has 0 saturated carbocycles. The highest BCUT2D eigenvalue weighted by atomic mass is 35.5. The number of amides is 2. The summed E-state index contributed by atoms with van der Waals surface area (Å²) in [5.74, 6) is -3.04. The molecule has 7 nitrogen and oxygen atoms in total. The molecule has 2 aromatic carbocycles. The molecule has 0 aliphatic carbocycles. The number of alkyl halides is 3. The Morgan fingerprint density at radius 1 is 1.12 bits per heavy atom. The number of carbonyl (C=O) groups is 2. The van der Waals surface area contributed by atoms with Gasteiger partial charge >= 0.3 is 18.2 Å². The zero-order chi connectivity index (χ0) is 30.0. The Balaban J connectivity index is 0.000000708. The summed E-state index contributed by atoms with van der Waals surface area (Å²) >= 11 is 5.76. The van der Waals surface area contributed by atoms with E-state index in [0.717, 1.165) is 49.4 Å². The lowest BCUT2D eigenvalue weighted by Crippen LogP contribution is -2.49. The van der Waals surface area contributed by atoms with Gasteiger partial charge in [-0.25, -0.2) is 18.4 Å². The maximum absolute atomic E-state index is 14.5. The van der Waals surface area contributed by atoms with Crippen LogP contribution in [0.2, 0.25) is 5.02 Å². The van der Waals surface area contributed by atoms with Crippen LogP contribution in [-0.2, 0) is 17.9 Å². The summed E-state index contributed by atoms with van der Waals surface area (Å²) in [5.41, 5.74) is 0.757. The predicted octanol–water partition coefficient (Wildman–Crippen LogP) is 6.09. The second-order valence-electron chi connectivity index (χ2n) is 9.82. The summed E-state index contributed by atoms with van der Waals surface area (Å²) in [5, 5.41) is 10.0. The number of piperidine rings is 1. The molecule has 1 fully saturated rings. The number of carbonyl (C=O) groups excluding carboxylic acids is 1. The van der Waals surface area contributed by atoms with Crippen LogP contribution in [0.15, 0.2) is 36.4 Å². The maximum Gasteiger partial charge on any atom is 0.490 e. The molecule has 2 N–H and O–H groups in total. The molecule has 2 amide bonds. The molecule has 0 aromatic heterocycles. The molecular weight excluding hydrogens is 561 g/mol. The normalized spacial score (nSPS) is 14.3. The molecule has 222 valence electrons. The molecule has 3 rings (SSSR count). The molecule has 0 atom stereocenters. The number of likely N-dealkylation sites (tertiary alicyclic amines) is 1. The summed E-state index contributed by atoms with van der Waals surface area (Å²) in [4.78, 5) is 25.8. The van der Waals surface area contributed by atoms with E-state index in [1.807, 2.05) is 31.3 Å². The fourth-order valence-electron chi connectivity index (χ4n) is 3.81. The van der Waals surface area contributed by atoms with Crippen LogP contribution >= 0.6 is 11.6 Å². The van der Waals surface area contributed by atoms with Gasteiger partial charge in [0.15, 0.2) is 0 Å². The van der Waals surface area contributed by atoms with E-state index in [0.29, 0.717) is 19.1 Å². The van der Waals surface area contributed by atoms with Crippen molar-refractivity contribution in [2.45, 2.75) is 52.0 Å². The van der Waals surface area contributed by atoms with Gasteiger partial charge in [0.2, 0.25) is 0 Å². The second-order valence-corrected chi connectivity index (χ2v) is 10.3. The van der Waals surface area contributed by atoms with Crippen molar-refractivity contribution >= 4 is 23.6 Å². The van der Waals surface area contributed by atoms with Crippen molar-refractivity contribution < 1.29 is 41.4 Å². The van der Waals surface area contributed by atoms with Gasteiger partial charge in [0.25, 0.3) is 0 Å². The van der Waals surface area contributed by atoms with E-state index in [9.17, 15) is 26.7 Å². The molecule has 1 saturated heterocycles. The predicted molar refractivity (Wildman–Crippen MR) is 140 cm³/mol. The van der Waals surface area contributed by atoms with Gasteiger partial charge in [-0.1, -0.05) is 37.6 Å². The first-order chi connectivity index (χ1) is 18.7. The molecule has 0 bridgehead atoms. The molecular formula is C27H33ClF5N3O4. The molecule has 13 heteroatoms. The first-order valence-electron chi connectivity index (χ1n) is 12.6. The van der Waals surface area contributed by atoms with E-state index in [1.165, 1.54) is 0 Å². The van der Waals surface area contributed by atoms with Crippen LogP contribution in [0.3, 0.4) is 0 Å². The number of rotatable bonds is 8. The van der Waals surface area contributed by atoms with E-state index in [4.69, 9.17) is 26.2 Å². The van der Waals surface area contributed by atoms with Gasteiger partial charge in [-0.3, -0.25) is 0 Å². The summed E-state index contributed by atoms with van der Waals surface area (Å²) in [6, 6.07) is 9.24. The monoisotopic (exact) mass is 593 g/mol. The summed E-state index contributed by atoms with van der Waals surface area (Å²) in [6.07, 6.45) is -3.61. The van der Waals surface area contributed by atoms with Crippen LogP contribution in [0.1, 0.15) is 37.8 Å². The minimum atomic E-state index is -5.08. The van der Waals surface area contributed by atoms with Gasteiger partial charge in [0.1, 0.15) is 17.4 Å².